The molecule has 0 aliphatic rings. The lowest BCUT2D eigenvalue weighted by Crippen LogP contribution is -2.22. The molecule has 0 aliphatic heterocycles. The molecule has 1 aromatic carbocycles. The van der Waals surface area contributed by atoms with Crippen molar-refractivity contribution >= 4 is 18.3 Å². The summed E-state index contributed by atoms with van der Waals surface area (Å²) in [6.45, 7) is 9.35. The Kier molecular flexibility index (Phi) is 7.54. The Morgan fingerprint density at radius 2 is 2.10 bits per heavy atom. The van der Waals surface area contributed by atoms with Crippen LogP contribution in [0.25, 0.3) is 0 Å². The third-order valence-electron chi connectivity index (χ3n) is 2.95. The van der Waals surface area contributed by atoms with Crippen molar-refractivity contribution in [2.75, 3.05) is 18.9 Å². The van der Waals surface area contributed by atoms with Crippen molar-refractivity contribution in [2.24, 2.45) is 5.92 Å². The first-order valence-corrected chi connectivity index (χ1v) is 7.40. The molecule has 0 fully saturated rings. The molecule has 1 rings (SSSR count). The summed E-state index contributed by atoms with van der Waals surface area (Å²) in [7, 11) is 0. The van der Waals surface area contributed by atoms with E-state index in [-0.39, 0.29) is 5.92 Å². The van der Waals surface area contributed by atoms with E-state index >= 15 is 0 Å². The van der Waals surface area contributed by atoms with Crippen molar-refractivity contribution in [3.05, 3.63) is 59.7 Å². The lowest BCUT2D eigenvalue weighted by atomic mass is 10.1. The number of nitrogens with one attached hydrogen (secondary N) is 1. The van der Waals surface area contributed by atoms with Crippen molar-refractivity contribution in [1.82, 2.24) is 5.32 Å². The minimum absolute atomic E-state index is 0.209. The molecule has 0 amide bonds. The quantitative estimate of drug-likeness (QED) is 0.389. The average Bonchev–Trinajstić information content (AvgIpc) is 2.46. The highest BCUT2D eigenvalue weighted by atomic mass is 32.1. The molecule has 0 spiro atoms. The minimum Gasteiger partial charge on any atom is -0.493 e. The van der Waals surface area contributed by atoms with E-state index in [0.717, 1.165) is 22.0 Å². The van der Waals surface area contributed by atoms with Crippen LogP contribution in [0.5, 0.6) is 5.75 Å². The van der Waals surface area contributed by atoms with Gasteiger partial charge in [-0.15, -0.1) is 12.6 Å². The number of allylic oxidation sites excluding steroid dienone is 2. The molecule has 1 unspecified atom stereocenters. The number of thiol groups is 1. The molecule has 0 bridgehead atoms. The topological polar surface area (TPSA) is 47.3 Å². The van der Waals surface area contributed by atoms with E-state index in [0.29, 0.717) is 13.2 Å². The van der Waals surface area contributed by atoms with E-state index in [9.17, 15) is 0 Å². The van der Waals surface area contributed by atoms with Crippen molar-refractivity contribution in [3.63, 3.8) is 0 Å². The van der Waals surface area contributed by atoms with E-state index in [2.05, 4.69) is 31.4 Å². The predicted octanol–water partition coefficient (Wildman–Crippen LogP) is 3.78. The van der Waals surface area contributed by atoms with Crippen LogP contribution in [0, 0.1) is 5.92 Å². The van der Waals surface area contributed by atoms with Crippen LogP contribution in [-0.2, 0) is 0 Å². The molecule has 1 atom stereocenters. The van der Waals surface area contributed by atoms with Gasteiger partial charge in [-0.1, -0.05) is 31.7 Å². The number of ether oxygens (including phenoxy) is 1. The van der Waals surface area contributed by atoms with Crippen molar-refractivity contribution in [1.29, 1.82) is 0 Å². The van der Waals surface area contributed by atoms with Gasteiger partial charge in [0, 0.05) is 28.8 Å². The Hall–Kier alpha value is -1.81. The summed E-state index contributed by atoms with van der Waals surface area (Å²) in [5, 5.41) is 3.26. The zero-order chi connectivity index (χ0) is 15.7. The summed E-state index contributed by atoms with van der Waals surface area (Å²) in [4.78, 5) is 0.934. The predicted molar refractivity (Wildman–Crippen MR) is 94.5 cm³/mol. The van der Waals surface area contributed by atoms with Crippen LogP contribution >= 0.6 is 12.6 Å². The molecular weight excluding hydrogens is 280 g/mol. The van der Waals surface area contributed by atoms with Gasteiger partial charge in [-0.3, -0.25) is 0 Å². The van der Waals surface area contributed by atoms with Gasteiger partial charge in [0.15, 0.2) is 0 Å². The zero-order valence-corrected chi connectivity index (χ0v) is 13.6. The summed E-state index contributed by atoms with van der Waals surface area (Å²) < 4.78 is 5.71. The van der Waals surface area contributed by atoms with Crippen LogP contribution in [0.2, 0.25) is 0 Å². The van der Waals surface area contributed by atoms with E-state index in [1.165, 1.54) is 0 Å². The van der Waals surface area contributed by atoms with Crippen LogP contribution in [0.1, 0.15) is 13.8 Å². The molecule has 0 radical (unpaired) electrons. The Bertz CT molecular complexity index is 506. The van der Waals surface area contributed by atoms with Gasteiger partial charge in [0.25, 0.3) is 0 Å². The summed E-state index contributed by atoms with van der Waals surface area (Å²) in [6.07, 6.45) is 5.90. The zero-order valence-electron chi connectivity index (χ0n) is 12.7. The maximum atomic E-state index is 5.71. The fourth-order valence-electron chi connectivity index (χ4n) is 1.59. The number of hydrogen-bond donors (Lipinski definition) is 3. The second-order valence-corrected chi connectivity index (χ2v) is 5.33. The molecule has 0 aliphatic carbocycles. The van der Waals surface area contributed by atoms with Gasteiger partial charge in [-0.05, 0) is 31.2 Å². The molecule has 0 saturated heterocycles. The lowest BCUT2D eigenvalue weighted by Gasteiger charge is -2.17. The Morgan fingerprint density at radius 1 is 1.43 bits per heavy atom. The molecular formula is C17H24N2OS. The van der Waals surface area contributed by atoms with E-state index < -0.39 is 0 Å². The second kappa shape index (κ2) is 9.19. The maximum absolute atomic E-state index is 5.71. The smallest absolute Gasteiger partial charge is 0.119 e. The molecule has 3 nitrogen and oxygen atoms in total. The molecule has 3 N–H and O–H groups in total. The van der Waals surface area contributed by atoms with Gasteiger partial charge in [-0.25, -0.2) is 0 Å². The van der Waals surface area contributed by atoms with Gasteiger partial charge >= 0.3 is 0 Å². The third-order valence-corrected chi connectivity index (χ3v) is 3.28. The molecule has 0 aromatic heterocycles. The van der Waals surface area contributed by atoms with Gasteiger partial charge < -0.3 is 15.8 Å². The maximum Gasteiger partial charge on any atom is 0.119 e. The van der Waals surface area contributed by atoms with Crippen molar-refractivity contribution in [2.45, 2.75) is 13.8 Å². The largest absolute Gasteiger partial charge is 0.493 e. The Morgan fingerprint density at radius 3 is 2.71 bits per heavy atom. The normalized spacial score (nSPS) is 13.2. The fraction of sp³-hybridized carbons (Fsp3) is 0.294. The summed E-state index contributed by atoms with van der Waals surface area (Å²) >= 11 is 4.33. The van der Waals surface area contributed by atoms with E-state index in [4.69, 9.17) is 10.5 Å². The molecule has 21 heavy (non-hydrogen) atoms. The van der Waals surface area contributed by atoms with Gasteiger partial charge in [-0.2, -0.15) is 0 Å². The van der Waals surface area contributed by atoms with Gasteiger partial charge in [0.2, 0.25) is 0 Å². The van der Waals surface area contributed by atoms with Gasteiger partial charge in [0.1, 0.15) is 5.75 Å². The van der Waals surface area contributed by atoms with Crippen LogP contribution in [0.4, 0.5) is 5.69 Å². The number of benzene rings is 1. The first kappa shape index (κ1) is 17.2. The first-order chi connectivity index (χ1) is 10.0. The highest BCUT2D eigenvalue weighted by molar-refractivity contribution is 7.84. The standard InChI is InChI=1S/C17H24N2OS/c1-4-5-17(21)10-11-19-14(3)13(2)12-20-16-8-6-15(18)7-9-16/h4-10,13,19,21H,3,11-12,18H2,1-2H3/b5-4-,17-10+. The van der Waals surface area contributed by atoms with Crippen LogP contribution in [0.15, 0.2) is 59.7 Å². The Balaban J connectivity index is 2.34. The summed E-state index contributed by atoms with van der Waals surface area (Å²) in [6, 6.07) is 7.39. The van der Waals surface area contributed by atoms with Crippen molar-refractivity contribution < 1.29 is 4.74 Å². The van der Waals surface area contributed by atoms with Crippen LogP contribution in [0.3, 0.4) is 0 Å². The minimum atomic E-state index is 0.209. The van der Waals surface area contributed by atoms with Crippen LogP contribution < -0.4 is 15.8 Å². The number of hydrogen-bond acceptors (Lipinski definition) is 4. The molecule has 0 saturated carbocycles. The third kappa shape index (κ3) is 6.95. The number of nitrogens with two attached hydrogens (primary N) is 1. The van der Waals surface area contributed by atoms with Gasteiger partial charge in [0.05, 0.1) is 6.61 Å². The SMILES string of the molecule is C=C(NC/C=C(S)\C=C/C)C(C)COc1ccc(N)cc1. The monoisotopic (exact) mass is 304 g/mol. The molecule has 4 heteroatoms. The average molecular weight is 304 g/mol. The summed E-state index contributed by atoms with van der Waals surface area (Å²) in [5.74, 6) is 1.02. The molecule has 1 aromatic rings. The van der Waals surface area contributed by atoms with Crippen LogP contribution in [-0.4, -0.2) is 13.2 Å². The highest BCUT2D eigenvalue weighted by Crippen LogP contribution is 2.15. The first-order valence-electron chi connectivity index (χ1n) is 6.95. The second-order valence-electron chi connectivity index (χ2n) is 4.82. The number of rotatable bonds is 8. The lowest BCUT2D eigenvalue weighted by molar-refractivity contribution is 0.275. The fourth-order valence-corrected chi connectivity index (χ4v) is 1.83. The van der Waals surface area contributed by atoms with E-state index in [1.807, 2.05) is 49.4 Å². The molecule has 0 heterocycles. The molecule has 114 valence electrons. The number of anilines is 1. The van der Waals surface area contributed by atoms with Crippen molar-refractivity contribution in [3.8, 4) is 5.75 Å². The summed E-state index contributed by atoms with van der Waals surface area (Å²) in [5.41, 5.74) is 7.32. The highest BCUT2D eigenvalue weighted by Gasteiger charge is 2.07. The number of nitrogen functional groups attached to an aromatic ring is 1. The van der Waals surface area contributed by atoms with E-state index in [1.54, 1.807) is 0 Å². The Labute approximate surface area is 133 Å².